The molecule has 0 aliphatic rings. The molecule has 2 aromatic rings. The lowest BCUT2D eigenvalue weighted by molar-refractivity contribution is -0.131. The summed E-state index contributed by atoms with van der Waals surface area (Å²) in [5, 5.41) is 8.67. The number of unbranched alkanes of at least 4 members (excludes halogenated alkanes) is 1. The summed E-state index contributed by atoms with van der Waals surface area (Å²) in [6.45, 7) is 5.23. The molecule has 0 aliphatic carbocycles. The van der Waals surface area contributed by atoms with Crippen molar-refractivity contribution >= 4 is 11.8 Å². The van der Waals surface area contributed by atoms with E-state index in [1.54, 1.807) is 35.9 Å². The van der Waals surface area contributed by atoms with Gasteiger partial charge in [-0.25, -0.2) is 5.48 Å². The summed E-state index contributed by atoms with van der Waals surface area (Å²) >= 11 is 0. The minimum atomic E-state index is -0.555. The van der Waals surface area contributed by atoms with Crippen LogP contribution in [0.1, 0.15) is 46.9 Å². The van der Waals surface area contributed by atoms with E-state index in [1.165, 1.54) is 0 Å². The number of aromatic nitrogens is 1. The van der Waals surface area contributed by atoms with Crippen LogP contribution in [0.4, 0.5) is 0 Å². The van der Waals surface area contributed by atoms with Crippen molar-refractivity contribution in [3.63, 3.8) is 0 Å². The zero-order valence-electron chi connectivity index (χ0n) is 15.2. The standard InChI is InChI=1S/C20H25N3O3/c1-3-4-11-23(19(24)13-18-12-15(2)9-10-21-18)14-16-5-7-17(8-6-16)20(25)22-26/h5-10,12,26H,3-4,11,13-14H2,1-2H3,(H,22,25). The molecule has 0 saturated carbocycles. The number of hydroxylamine groups is 1. The first kappa shape index (κ1) is 19.6. The Balaban J connectivity index is 2.08. The van der Waals surface area contributed by atoms with Crippen LogP contribution in [0.15, 0.2) is 42.6 Å². The number of amides is 2. The van der Waals surface area contributed by atoms with Gasteiger partial charge in [0.25, 0.3) is 5.91 Å². The first-order valence-corrected chi connectivity index (χ1v) is 8.76. The Hall–Kier alpha value is -2.73. The van der Waals surface area contributed by atoms with Gasteiger partial charge in [-0.3, -0.25) is 19.8 Å². The monoisotopic (exact) mass is 355 g/mol. The number of hydrogen-bond acceptors (Lipinski definition) is 4. The summed E-state index contributed by atoms with van der Waals surface area (Å²) < 4.78 is 0. The van der Waals surface area contributed by atoms with Gasteiger partial charge in [0, 0.05) is 30.5 Å². The van der Waals surface area contributed by atoms with Crippen molar-refractivity contribution in [2.24, 2.45) is 0 Å². The van der Waals surface area contributed by atoms with Crippen LogP contribution < -0.4 is 5.48 Å². The first-order valence-electron chi connectivity index (χ1n) is 8.76. The van der Waals surface area contributed by atoms with Gasteiger partial charge in [-0.15, -0.1) is 0 Å². The molecule has 1 aromatic heterocycles. The Morgan fingerprint density at radius 2 is 1.92 bits per heavy atom. The molecule has 6 heteroatoms. The van der Waals surface area contributed by atoms with Crippen LogP contribution in [-0.4, -0.2) is 33.5 Å². The summed E-state index contributed by atoms with van der Waals surface area (Å²) in [7, 11) is 0. The summed E-state index contributed by atoms with van der Waals surface area (Å²) in [6.07, 6.45) is 3.93. The number of hydrogen-bond donors (Lipinski definition) is 2. The Kier molecular flexibility index (Phi) is 7.29. The number of benzene rings is 1. The maximum absolute atomic E-state index is 12.7. The molecular weight excluding hydrogens is 330 g/mol. The molecule has 0 saturated heterocycles. The maximum atomic E-state index is 12.7. The molecule has 0 unspecified atom stereocenters. The number of nitrogens with one attached hydrogen (secondary N) is 1. The van der Waals surface area contributed by atoms with E-state index in [1.807, 2.05) is 24.0 Å². The molecule has 1 aromatic carbocycles. The Labute approximate surface area is 153 Å². The van der Waals surface area contributed by atoms with E-state index in [9.17, 15) is 9.59 Å². The van der Waals surface area contributed by atoms with Gasteiger partial charge in [-0.2, -0.15) is 0 Å². The van der Waals surface area contributed by atoms with Crippen LogP contribution in [0.2, 0.25) is 0 Å². The Morgan fingerprint density at radius 3 is 2.54 bits per heavy atom. The number of nitrogens with zero attached hydrogens (tertiary/aromatic N) is 2. The van der Waals surface area contributed by atoms with E-state index in [2.05, 4.69) is 11.9 Å². The van der Waals surface area contributed by atoms with Crippen molar-refractivity contribution in [2.45, 2.75) is 39.7 Å². The quantitative estimate of drug-likeness (QED) is 0.563. The van der Waals surface area contributed by atoms with E-state index in [4.69, 9.17) is 5.21 Å². The van der Waals surface area contributed by atoms with Gasteiger partial charge >= 0.3 is 0 Å². The van der Waals surface area contributed by atoms with E-state index in [0.29, 0.717) is 18.7 Å². The molecule has 0 radical (unpaired) electrons. The fourth-order valence-electron chi connectivity index (χ4n) is 2.65. The predicted molar refractivity (Wildman–Crippen MR) is 98.7 cm³/mol. The minimum Gasteiger partial charge on any atom is -0.338 e. The molecule has 2 N–H and O–H groups in total. The van der Waals surface area contributed by atoms with E-state index in [-0.39, 0.29) is 12.3 Å². The highest BCUT2D eigenvalue weighted by molar-refractivity contribution is 5.93. The predicted octanol–water partition coefficient (Wildman–Crippen LogP) is 2.88. The molecule has 0 spiro atoms. The summed E-state index contributed by atoms with van der Waals surface area (Å²) in [5.74, 6) is -0.519. The molecule has 0 bridgehead atoms. The second-order valence-corrected chi connectivity index (χ2v) is 6.31. The minimum absolute atomic E-state index is 0.0359. The van der Waals surface area contributed by atoms with E-state index in [0.717, 1.165) is 29.7 Å². The van der Waals surface area contributed by atoms with E-state index < -0.39 is 5.91 Å². The van der Waals surface area contributed by atoms with Gasteiger partial charge in [0.1, 0.15) is 0 Å². The molecule has 1 heterocycles. The summed E-state index contributed by atoms with van der Waals surface area (Å²) in [6, 6.07) is 10.7. The van der Waals surface area contributed by atoms with Crippen LogP contribution in [-0.2, 0) is 17.8 Å². The van der Waals surface area contributed by atoms with Crippen molar-refractivity contribution in [1.82, 2.24) is 15.4 Å². The number of pyridine rings is 1. The van der Waals surface area contributed by atoms with Crippen LogP contribution in [0.5, 0.6) is 0 Å². The highest BCUT2D eigenvalue weighted by Crippen LogP contribution is 2.11. The van der Waals surface area contributed by atoms with Crippen molar-refractivity contribution in [2.75, 3.05) is 6.54 Å². The zero-order chi connectivity index (χ0) is 18.9. The van der Waals surface area contributed by atoms with Crippen LogP contribution >= 0.6 is 0 Å². The molecule has 6 nitrogen and oxygen atoms in total. The van der Waals surface area contributed by atoms with Gasteiger partial charge in [0.15, 0.2) is 0 Å². The van der Waals surface area contributed by atoms with Gasteiger partial charge in [0.2, 0.25) is 5.91 Å². The van der Waals surface area contributed by atoms with Crippen LogP contribution in [0, 0.1) is 6.92 Å². The van der Waals surface area contributed by atoms with Gasteiger partial charge < -0.3 is 4.90 Å². The Bertz CT molecular complexity index is 744. The largest absolute Gasteiger partial charge is 0.338 e. The molecule has 2 amide bonds. The van der Waals surface area contributed by atoms with Gasteiger partial charge in [-0.1, -0.05) is 25.5 Å². The van der Waals surface area contributed by atoms with Crippen LogP contribution in [0.25, 0.3) is 0 Å². The fraction of sp³-hybridized carbons (Fsp3) is 0.350. The lowest BCUT2D eigenvalue weighted by Crippen LogP contribution is -2.33. The third kappa shape index (κ3) is 5.67. The normalized spacial score (nSPS) is 10.4. The SMILES string of the molecule is CCCCN(Cc1ccc(C(=O)NO)cc1)C(=O)Cc1cc(C)ccn1. The molecule has 0 aliphatic heterocycles. The lowest BCUT2D eigenvalue weighted by Gasteiger charge is -2.23. The number of carbonyl (C=O) groups is 2. The summed E-state index contributed by atoms with van der Waals surface area (Å²) in [5.41, 5.74) is 4.76. The number of aryl methyl sites for hydroxylation is 1. The van der Waals surface area contributed by atoms with Crippen LogP contribution in [0.3, 0.4) is 0 Å². The maximum Gasteiger partial charge on any atom is 0.274 e. The smallest absolute Gasteiger partial charge is 0.274 e. The molecule has 138 valence electrons. The molecular formula is C20H25N3O3. The average molecular weight is 355 g/mol. The van der Waals surface area contributed by atoms with Crippen molar-refractivity contribution < 1.29 is 14.8 Å². The third-order valence-corrected chi connectivity index (χ3v) is 4.13. The second-order valence-electron chi connectivity index (χ2n) is 6.31. The fourth-order valence-corrected chi connectivity index (χ4v) is 2.65. The van der Waals surface area contributed by atoms with Gasteiger partial charge in [-0.05, 0) is 48.7 Å². The lowest BCUT2D eigenvalue weighted by atomic mass is 10.1. The third-order valence-electron chi connectivity index (χ3n) is 4.13. The van der Waals surface area contributed by atoms with Crippen molar-refractivity contribution in [1.29, 1.82) is 0 Å². The summed E-state index contributed by atoms with van der Waals surface area (Å²) in [4.78, 5) is 30.2. The highest BCUT2D eigenvalue weighted by atomic mass is 16.5. The molecule has 0 fully saturated rings. The number of rotatable bonds is 8. The van der Waals surface area contributed by atoms with Crippen molar-refractivity contribution in [3.05, 3.63) is 65.0 Å². The van der Waals surface area contributed by atoms with Gasteiger partial charge in [0.05, 0.1) is 6.42 Å². The topological polar surface area (TPSA) is 82.5 Å². The number of carbonyl (C=O) groups excluding carboxylic acids is 2. The molecule has 2 rings (SSSR count). The Morgan fingerprint density at radius 1 is 1.19 bits per heavy atom. The molecule has 26 heavy (non-hydrogen) atoms. The second kappa shape index (κ2) is 9.68. The zero-order valence-corrected chi connectivity index (χ0v) is 15.2. The van der Waals surface area contributed by atoms with Crippen molar-refractivity contribution in [3.8, 4) is 0 Å². The van der Waals surface area contributed by atoms with E-state index >= 15 is 0 Å². The molecule has 0 atom stereocenters. The average Bonchev–Trinajstić information content (AvgIpc) is 2.65. The first-order chi connectivity index (χ1) is 12.5. The highest BCUT2D eigenvalue weighted by Gasteiger charge is 2.15.